The van der Waals surface area contributed by atoms with Crippen molar-refractivity contribution in [2.45, 2.75) is 89.6 Å². The minimum atomic E-state index is -0.140. The van der Waals surface area contributed by atoms with E-state index >= 15 is 0 Å². The smallest absolute Gasteiger partial charge is 0.213 e. The number of benzene rings is 2. The number of pyridine rings is 3. The van der Waals surface area contributed by atoms with Crippen molar-refractivity contribution < 1.29 is 9.13 Å². The Bertz CT molecular complexity index is 1810. The number of hydrogen-bond donors (Lipinski definition) is 0. The van der Waals surface area contributed by atoms with Crippen LogP contribution >= 0.6 is 0 Å². The van der Waals surface area contributed by atoms with E-state index < -0.39 is 0 Å². The Morgan fingerprint density at radius 3 is 2.43 bits per heavy atom. The Hall–Kier alpha value is -4.11. The van der Waals surface area contributed by atoms with Crippen molar-refractivity contribution in [1.82, 2.24) is 4.98 Å². The number of aryl methyl sites for hydroxylation is 2. The van der Waals surface area contributed by atoms with Gasteiger partial charge in [0.15, 0.2) is 17.9 Å². The van der Waals surface area contributed by atoms with Crippen molar-refractivity contribution in [2.75, 3.05) is 0 Å². The van der Waals surface area contributed by atoms with E-state index in [0.29, 0.717) is 5.92 Å². The maximum Gasteiger partial charge on any atom is 0.213 e. The van der Waals surface area contributed by atoms with Gasteiger partial charge in [-0.25, -0.2) is 0 Å². The molecule has 0 bridgehead atoms. The third-order valence-corrected chi connectivity index (χ3v) is 11.1. The largest absolute Gasteiger partial charge is 0.256 e. The topological polar surface area (TPSA) is 20.6 Å². The Morgan fingerprint density at radius 2 is 1.64 bits per heavy atom. The Kier molecular flexibility index (Phi) is 7.44. The van der Waals surface area contributed by atoms with Gasteiger partial charge in [-0.05, 0) is 73.2 Å². The van der Waals surface area contributed by atoms with Crippen LogP contribution in [-0.4, -0.2) is 4.98 Å². The van der Waals surface area contributed by atoms with Crippen LogP contribution in [0.2, 0.25) is 0 Å². The maximum absolute atomic E-state index is 4.68. The van der Waals surface area contributed by atoms with Crippen LogP contribution in [0.1, 0.15) is 82.4 Å². The van der Waals surface area contributed by atoms with Gasteiger partial charge >= 0.3 is 0 Å². The first-order valence-electron chi connectivity index (χ1n) is 16.7. The van der Waals surface area contributed by atoms with Crippen LogP contribution in [0, 0.1) is 0 Å². The van der Waals surface area contributed by atoms with Crippen LogP contribution in [0.3, 0.4) is 0 Å². The molecule has 5 heterocycles. The SMILES string of the molecule is CCCCc1ccc2c(c1)-c1cccc[n+]1C(CC)(C1CC[n+]3ccc(-c4ccccn4)cc3-c3ccccc31)C2(C)CC. The van der Waals surface area contributed by atoms with Crippen molar-refractivity contribution in [3.8, 4) is 33.8 Å². The number of rotatable bonds is 7. The van der Waals surface area contributed by atoms with Crippen LogP contribution < -0.4 is 9.13 Å². The number of unbranched alkanes of at least 4 members (excludes halogenated alkanes) is 1. The molecular formula is C41H45N3+2. The fraction of sp³-hybridized carbons (Fsp3) is 0.341. The summed E-state index contributed by atoms with van der Waals surface area (Å²) in [6.07, 6.45) is 13.4. The molecule has 0 spiro atoms. The van der Waals surface area contributed by atoms with Gasteiger partial charge in [-0.3, -0.25) is 4.98 Å². The molecule has 5 aromatic rings. The van der Waals surface area contributed by atoms with Gasteiger partial charge in [0.25, 0.3) is 0 Å². The molecular weight excluding hydrogens is 534 g/mol. The summed E-state index contributed by atoms with van der Waals surface area (Å²) >= 11 is 0. The van der Waals surface area contributed by atoms with E-state index in [4.69, 9.17) is 0 Å². The van der Waals surface area contributed by atoms with E-state index in [2.05, 4.69) is 139 Å². The molecule has 0 amide bonds. The lowest BCUT2D eigenvalue weighted by molar-refractivity contribution is -0.774. The fourth-order valence-electron chi connectivity index (χ4n) is 8.79. The molecule has 2 aliphatic heterocycles. The Morgan fingerprint density at radius 1 is 0.795 bits per heavy atom. The first-order chi connectivity index (χ1) is 21.6. The normalized spacial score (nSPS) is 21.9. The average Bonchev–Trinajstić information content (AvgIpc) is 3.25. The van der Waals surface area contributed by atoms with Crippen LogP contribution in [0.15, 0.2) is 110 Å². The van der Waals surface area contributed by atoms with Crippen LogP contribution in [0.25, 0.3) is 33.8 Å². The van der Waals surface area contributed by atoms with Crippen molar-refractivity contribution in [3.05, 3.63) is 126 Å². The zero-order valence-electron chi connectivity index (χ0n) is 26.8. The molecule has 222 valence electrons. The minimum absolute atomic E-state index is 0.0581. The van der Waals surface area contributed by atoms with Crippen LogP contribution in [0.4, 0.5) is 0 Å². The standard InChI is InChI=1S/C41H45N3/c1-5-8-15-30-20-21-35-34(28-30)38-19-12-14-25-44(38)41(7-3,40(35,4)6-2)36-23-27-43-26-22-31(37-18-11-13-24-42-37)29-39(43)33-17-10-9-16-32(33)36/h9-14,16-22,24-26,28-29,36H,5-8,15,23,27H2,1-4H3/q+2. The van der Waals surface area contributed by atoms with Gasteiger partial charge in [0, 0.05) is 54.4 Å². The third kappa shape index (κ3) is 4.27. The molecule has 0 fully saturated rings. The molecule has 2 aromatic carbocycles. The average molecular weight is 580 g/mol. The first kappa shape index (κ1) is 28.6. The summed E-state index contributed by atoms with van der Waals surface area (Å²) in [5.74, 6) is 0.325. The van der Waals surface area contributed by atoms with Gasteiger partial charge in [0.05, 0.1) is 22.6 Å². The molecule has 0 N–H and O–H groups in total. The summed E-state index contributed by atoms with van der Waals surface area (Å²) in [6.45, 7) is 10.7. The highest BCUT2D eigenvalue weighted by Gasteiger charge is 2.64. The van der Waals surface area contributed by atoms with Gasteiger partial charge in [0.1, 0.15) is 6.54 Å². The summed E-state index contributed by atoms with van der Waals surface area (Å²) in [5, 5.41) is 0. The second-order valence-corrected chi connectivity index (χ2v) is 13.0. The first-order valence-corrected chi connectivity index (χ1v) is 16.7. The second kappa shape index (κ2) is 11.4. The van der Waals surface area contributed by atoms with Gasteiger partial charge in [-0.15, -0.1) is 0 Å². The lowest BCUT2D eigenvalue weighted by Crippen LogP contribution is -2.71. The molecule has 0 saturated heterocycles. The lowest BCUT2D eigenvalue weighted by atomic mass is 9.53. The van der Waals surface area contributed by atoms with E-state index in [0.717, 1.165) is 37.9 Å². The van der Waals surface area contributed by atoms with Crippen molar-refractivity contribution >= 4 is 0 Å². The number of fused-ring (bicyclic) bond motifs is 6. The summed E-state index contributed by atoms with van der Waals surface area (Å²) in [6, 6.07) is 34.3. The number of aromatic nitrogens is 3. The van der Waals surface area contributed by atoms with Gasteiger partial charge in [-0.2, -0.15) is 9.13 Å². The molecule has 44 heavy (non-hydrogen) atoms. The quantitative estimate of drug-likeness (QED) is 0.176. The van der Waals surface area contributed by atoms with E-state index in [9.17, 15) is 0 Å². The van der Waals surface area contributed by atoms with Crippen molar-refractivity contribution in [2.24, 2.45) is 0 Å². The summed E-state index contributed by atoms with van der Waals surface area (Å²) in [5.41, 5.74) is 11.8. The maximum atomic E-state index is 4.68. The molecule has 0 aliphatic carbocycles. The van der Waals surface area contributed by atoms with E-state index in [1.54, 1.807) is 0 Å². The zero-order chi connectivity index (χ0) is 30.3. The monoisotopic (exact) mass is 579 g/mol. The zero-order valence-corrected chi connectivity index (χ0v) is 26.8. The molecule has 0 radical (unpaired) electrons. The minimum Gasteiger partial charge on any atom is -0.256 e. The van der Waals surface area contributed by atoms with Crippen molar-refractivity contribution in [1.29, 1.82) is 0 Å². The molecule has 3 unspecified atom stereocenters. The highest BCUT2D eigenvalue weighted by Crippen LogP contribution is 2.57. The summed E-state index contributed by atoms with van der Waals surface area (Å²) in [7, 11) is 0. The number of nitrogens with zero attached hydrogens (tertiary/aromatic N) is 3. The van der Waals surface area contributed by atoms with E-state index in [1.807, 2.05) is 12.3 Å². The molecule has 2 aliphatic rings. The predicted molar refractivity (Wildman–Crippen MR) is 179 cm³/mol. The summed E-state index contributed by atoms with van der Waals surface area (Å²) < 4.78 is 5.19. The van der Waals surface area contributed by atoms with Gasteiger partial charge in [0.2, 0.25) is 11.4 Å². The molecule has 3 atom stereocenters. The highest BCUT2D eigenvalue weighted by molar-refractivity contribution is 5.70. The van der Waals surface area contributed by atoms with Crippen LogP contribution in [-0.2, 0) is 23.9 Å². The van der Waals surface area contributed by atoms with Gasteiger partial charge < -0.3 is 0 Å². The van der Waals surface area contributed by atoms with Crippen LogP contribution in [0.5, 0.6) is 0 Å². The molecule has 3 nitrogen and oxygen atoms in total. The Labute approximate surface area is 263 Å². The fourth-order valence-corrected chi connectivity index (χ4v) is 8.79. The Balaban J connectivity index is 1.45. The number of hydrogen-bond acceptors (Lipinski definition) is 1. The predicted octanol–water partition coefficient (Wildman–Crippen LogP) is 8.97. The van der Waals surface area contributed by atoms with E-state index in [1.165, 1.54) is 57.6 Å². The van der Waals surface area contributed by atoms with Crippen molar-refractivity contribution in [3.63, 3.8) is 0 Å². The molecule has 3 aromatic heterocycles. The molecule has 0 saturated carbocycles. The van der Waals surface area contributed by atoms with E-state index in [-0.39, 0.29) is 11.0 Å². The molecule has 7 rings (SSSR count). The lowest BCUT2D eigenvalue weighted by Gasteiger charge is -2.51. The second-order valence-electron chi connectivity index (χ2n) is 13.0. The third-order valence-electron chi connectivity index (χ3n) is 11.1. The highest BCUT2D eigenvalue weighted by atomic mass is 15.1. The van der Waals surface area contributed by atoms with Gasteiger partial charge in [-0.1, -0.05) is 63.6 Å². The molecule has 3 heteroatoms. The summed E-state index contributed by atoms with van der Waals surface area (Å²) in [4.78, 5) is 4.68.